The number of hydrazone groups is 1. The number of rotatable bonds is 6. The molecule has 2 amide bonds. The maximum absolute atomic E-state index is 12.0. The van der Waals surface area contributed by atoms with Gasteiger partial charge in [0.15, 0.2) is 0 Å². The number of aryl methyl sites for hydroxylation is 2. The van der Waals surface area contributed by atoms with E-state index in [1.807, 2.05) is 49.4 Å². The molecule has 3 aromatic rings. The zero-order chi connectivity index (χ0) is 21.3. The number of nitriles is 1. The first-order chi connectivity index (χ1) is 14.6. The molecule has 0 saturated carbocycles. The molecule has 0 aliphatic carbocycles. The summed E-state index contributed by atoms with van der Waals surface area (Å²) in [6, 6.07) is 18.7. The van der Waals surface area contributed by atoms with Crippen LogP contribution in [-0.2, 0) is 16.1 Å². The molecular weight excluding hydrogens is 380 g/mol. The zero-order valence-electron chi connectivity index (χ0n) is 16.4. The molecule has 8 nitrogen and oxygen atoms in total. The summed E-state index contributed by atoms with van der Waals surface area (Å²) in [7, 11) is 0. The monoisotopic (exact) mass is 400 g/mol. The highest BCUT2D eigenvalue weighted by atomic mass is 16.2. The van der Waals surface area contributed by atoms with Crippen molar-refractivity contribution in [3.05, 3.63) is 71.9 Å². The van der Waals surface area contributed by atoms with Crippen LogP contribution in [0, 0.1) is 18.3 Å². The van der Waals surface area contributed by atoms with Gasteiger partial charge in [0.2, 0.25) is 0 Å². The van der Waals surface area contributed by atoms with Crippen LogP contribution in [0.3, 0.4) is 0 Å². The highest BCUT2D eigenvalue weighted by Crippen LogP contribution is 2.20. The van der Waals surface area contributed by atoms with Crippen molar-refractivity contribution in [2.75, 3.05) is 5.32 Å². The number of carbonyl (C=O) groups is 2. The molecule has 0 unspecified atom stereocenters. The molecule has 150 valence electrons. The van der Waals surface area contributed by atoms with Crippen molar-refractivity contribution >= 4 is 23.7 Å². The number of amides is 2. The summed E-state index contributed by atoms with van der Waals surface area (Å²) in [6.07, 6.45) is 3.49. The molecule has 0 atom stereocenters. The Morgan fingerprint density at radius 3 is 2.57 bits per heavy atom. The van der Waals surface area contributed by atoms with Gasteiger partial charge in [0.1, 0.15) is 5.69 Å². The first kappa shape index (κ1) is 20.5. The van der Waals surface area contributed by atoms with Gasteiger partial charge in [0, 0.05) is 23.0 Å². The van der Waals surface area contributed by atoms with Gasteiger partial charge >= 0.3 is 11.8 Å². The van der Waals surface area contributed by atoms with E-state index in [0.29, 0.717) is 29.9 Å². The van der Waals surface area contributed by atoms with Crippen molar-refractivity contribution < 1.29 is 9.59 Å². The standard InChI is InChI=1S/C22H20N6O2/c1-16-8-10-19(11-9-16)25-21(29)22(30)26-24-14-18-15-28(13-5-12-23)27-20(18)17-6-3-2-4-7-17/h2-4,6-11,14-15H,5,13H2,1H3,(H,25,29)(H,26,30)/b24-14-. The maximum Gasteiger partial charge on any atom is 0.329 e. The van der Waals surface area contributed by atoms with Gasteiger partial charge in [-0.3, -0.25) is 14.3 Å². The number of carbonyl (C=O) groups excluding carboxylic acids is 2. The molecule has 0 bridgehead atoms. The molecule has 0 aliphatic heterocycles. The summed E-state index contributed by atoms with van der Waals surface area (Å²) in [5.74, 6) is -1.70. The molecule has 0 aliphatic rings. The van der Waals surface area contributed by atoms with Crippen molar-refractivity contribution in [3.8, 4) is 17.3 Å². The lowest BCUT2D eigenvalue weighted by molar-refractivity contribution is -0.136. The highest BCUT2D eigenvalue weighted by Gasteiger charge is 2.13. The van der Waals surface area contributed by atoms with Crippen LogP contribution < -0.4 is 10.7 Å². The number of aromatic nitrogens is 2. The lowest BCUT2D eigenvalue weighted by atomic mass is 10.1. The van der Waals surface area contributed by atoms with Crippen molar-refractivity contribution in [2.24, 2.45) is 5.10 Å². The van der Waals surface area contributed by atoms with Gasteiger partial charge < -0.3 is 5.32 Å². The minimum absolute atomic E-state index is 0.322. The molecule has 2 N–H and O–H groups in total. The van der Waals surface area contributed by atoms with Crippen molar-refractivity contribution in [1.82, 2.24) is 15.2 Å². The van der Waals surface area contributed by atoms with E-state index in [9.17, 15) is 9.59 Å². The van der Waals surface area contributed by atoms with Gasteiger partial charge in [-0.15, -0.1) is 0 Å². The number of benzene rings is 2. The number of nitrogens with one attached hydrogen (secondary N) is 2. The van der Waals surface area contributed by atoms with Crippen molar-refractivity contribution in [2.45, 2.75) is 19.9 Å². The molecular formula is C22H20N6O2. The molecule has 30 heavy (non-hydrogen) atoms. The Labute approximate surface area is 173 Å². The van der Waals surface area contributed by atoms with E-state index in [2.05, 4.69) is 27.0 Å². The van der Waals surface area contributed by atoms with Gasteiger partial charge in [0.25, 0.3) is 0 Å². The van der Waals surface area contributed by atoms with Crippen molar-refractivity contribution in [3.63, 3.8) is 0 Å². The van der Waals surface area contributed by atoms with Gasteiger partial charge in [-0.1, -0.05) is 48.0 Å². The molecule has 3 rings (SSSR count). The van der Waals surface area contributed by atoms with E-state index in [4.69, 9.17) is 5.26 Å². The van der Waals surface area contributed by atoms with E-state index >= 15 is 0 Å². The Kier molecular flexibility index (Phi) is 6.69. The third-order valence-electron chi connectivity index (χ3n) is 4.18. The first-order valence-corrected chi connectivity index (χ1v) is 9.27. The molecule has 0 spiro atoms. The average molecular weight is 400 g/mol. The Morgan fingerprint density at radius 2 is 1.87 bits per heavy atom. The van der Waals surface area contributed by atoms with Crippen LogP contribution in [0.4, 0.5) is 5.69 Å². The smallest absolute Gasteiger partial charge is 0.318 e. The molecule has 0 radical (unpaired) electrons. The lowest BCUT2D eigenvalue weighted by Crippen LogP contribution is -2.32. The maximum atomic E-state index is 12.0. The van der Waals surface area contributed by atoms with Crippen LogP contribution in [0.25, 0.3) is 11.3 Å². The zero-order valence-corrected chi connectivity index (χ0v) is 16.4. The molecule has 0 fully saturated rings. The van der Waals surface area contributed by atoms with E-state index in [-0.39, 0.29) is 0 Å². The van der Waals surface area contributed by atoms with E-state index in [0.717, 1.165) is 11.1 Å². The van der Waals surface area contributed by atoms with Crippen LogP contribution in [0.1, 0.15) is 17.5 Å². The fraction of sp³-hybridized carbons (Fsp3) is 0.136. The highest BCUT2D eigenvalue weighted by molar-refractivity contribution is 6.39. The summed E-state index contributed by atoms with van der Waals surface area (Å²) in [5, 5.41) is 19.7. The van der Waals surface area contributed by atoms with Gasteiger partial charge in [-0.25, -0.2) is 5.43 Å². The Bertz CT molecular complexity index is 1090. The van der Waals surface area contributed by atoms with Crippen LogP contribution in [0.5, 0.6) is 0 Å². The summed E-state index contributed by atoms with van der Waals surface area (Å²) >= 11 is 0. The topological polar surface area (TPSA) is 112 Å². The minimum atomic E-state index is -0.884. The molecule has 8 heteroatoms. The molecule has 1 heterocycles. The average Bonchev–Trinajstić information content (AvgIpc) is 3.17. The number of hydrogen-bond acceptors (Lipinski definition) is 5. The molecule has 1 aromatic heterocycles. The predicted molar refractivity (Wildman–Crippen MR) is 113 cm³/mol. The van der Waals surface area contributed by atoms with Crippen LogP contribution in [0.15, 0.2) is 65.9 Å². The van der Waals surface area contributed by atoms with Crippen LogP contribution in [0.2, 0.25) is 0 Å². The van der Waals surface area contributed by atoms with Gasteiger partial charge in [0.05, 0.1) is 25.2 Å². The summed E-state index contributed by atoms with van der Waals surface area (Å²) in [4.78, 5) is 24.0. The minimum Gasteiger partial charge on any atom is -0.318 e. The normalized spacial score (nSPS) is 10.5. The van der Waals surface area contributed by atoms with Crippen LogP contribution >= 0.6 is 0 Å². The van der Waals surface area contributed by atoms with Gasteiger partial charge in [-0.05, 0) is 19.1 Å². The van der Waals surface area contributed by atoms with E-state index < -0.39 is 11.8 Å². The second-order valence-corrected chi connectivity index (χ2v) is 6.49. The Balaban J connectivity index is 1.69. The second kappa shape index (κ2) is 9.80. The Morgan fingerprint density at radius 1 is 1.13 bits per heavy atom. The SMILES string of the molecule is Cc1ccc(NC(=O)C(=O)N/N=C\c2cn(CCC#N)nc2-c2ccccc2)cc1. The summed E-state index contributed by atoms with van der Waals surface area (Å²) < 4.78 is 1.65. The summed E-state index contributed by atoms with van der Waals surface area (Å²) in [5.41, 5.74) is 5.98. The number of hydrogen-bond donors (Lipinski definition) is 2. The second-order valence-electron chi connectivity index (χ2n) is 6.49. The third-order valence-corrected chi connectivity index (χ3v) is 4.18. The fourth-order valence-corrected chi connectivity index (χ4v) is 2.67. The van der Waals surface area contributed by atoms with Gasteiger partial charge in [-0.2, -0.15) is 15.5 Å². The predicted octanol–water partition coefficient (Wildman–Crippen LogP) is 2.86. The van der Waals surface area contributed by atoms with Crippen LogP contribution in [-0.4, -0.2) is 27.8 Å². The third kappa shape index (κ3) is 5.39. The number of anilines is 1. The molecule has 0 saturated heterocycles. The van der Waals surface area contributed by atoms with E-state index in [1.165, 1.54) is 6.21 Å². The molecule has 2 aromatic carbocycles. The number of nitrogens with zero attached hydrogens (tertiary/aromatic N) is 4. The fourth-order valence-electron chi connectivity index (χ4n) is 2.67. The lowest BCUT2D eigenvalue weighted by Gasteiger charge is -2.04. The Hall–Kier alpha value is -4.25. The quantitative estimate of drug-likeness (QED) is 0.376. The largest absolute Gasteiger partial charge is 0.329 e. The summed E-state index contributed by atoms with van der Waals surface area (Å²) in [6.45, 7) is 2.37. The first-order valence-electron chi connectivity index (χ1n) is 9.27. The van der Waals surface area contributed by atoms with Crippen molar-refractivity contribution in [1.29, 1.82) is 5.26 Å². The van der Waals surface area contributed by atoms with E-state index in [1.54, 1.807) is 23.0 Å².